The van der Waals surface area contributed by atoms with Gasteiger partial charge in [0.05, 0.1) is 24.5 Å². The van der Waals surface area contributed by atoms with Crippen LogP contribution in [0.4, 0.5) is 10.5 Å². The van der Waals surface area contributed by atoms with Crippen LogP contribution < -0.4 is 5.32 Å². The molecule has 2 heterocycles. The first-order valence-electron chi connectivity index (χ1n) is 8.85. The fourth-order valence-corrected chi connectivity index (χ4v) is 3.37. The zero-order valence-corrected chi connectivity index (χ0v) is 15.1. The number of β-amino-alcohol motifs (C(OH)–C–C–N with tert-alkyl or cyclic N) is 1. The molecule has 9 heteroatoms. The van der Waals surface area contributed by atoms with Gasteiger partial charge in [0.15, 0.2) is 0 Å². The number of likely N-dealkylation sites (tertiary alicyclic amines) is 1. The standard InChI is InChI=1S/C18H23N5O4/c1-12(24)20-14-4-2-13(3-5-14)6-9-23-16(10-19-21-23)15-7-8-22(18(26)27)11-17(15)25/h2-5,10,15,17,25H,6-9,11H2,1H3,(H,20,24)(H,26,27)/t15-,17+/m0/s1. The summed E-state index contributed by atoms with van der Waals surface area (Å²) in [7, 11) is 0. The summed E-state index contributed by atoms with van der Waals surface area (Å²) in [6.45, 7) is 2.54. The number of amides is 2. The van der Waals surface area contributed by atoms with Gasteiger partial charge in [-0.05, 0) is 30.5 Å². The number of carbonyl (C=O) groups is 2. The fraction of sp³-hybridized carbons (Fsp3) is 0.444. The van der Waals surface area contributed by atoms with Gasteiger partial charge in [0.2, 0.25) is 5.91 Å². The summed E-state index contributed by atoms with van der Waals surface area (Å²) in [6, 6.07) is 7.60. The molecule has 3 N–H and O–H groups in total. The number of anilines is 1. The van der Waals surface area contributed by atoms with Crippen LogP contribution in [0.3, 0.4) is 0 Å². The lowest BCUT2D eigenvalue weighted by Crippen LogP contribution is -2.45. The van der Waals surface area contributed by atoms with Crippen molar-refractivity contribution in [1.29, 1.82) is 0 Å². The van der Waals surface area contributed by atoms with E-state index in [0.717, 1.165) is 23.4 Å². The Morgan fingerprint density at radius 2 is 2.04 bits per heavy atom. The number of hydrogen-bond acceptors (Lipinski definition) is 5. The predicted molar refractivity (Wildman–Crippen MR) is 97.4 cm³/mol. The Balaban J connectivity index is 1.62. The van der Waals surface area contributed by atoms with Gasteiger partial charge in [-0.1, -0.05) is 17.3 Å². The third kappa shape index (κ3) is 4.62. The molecule has 1 fully saturated rings. The van der Waals surface area contributed by atoms with Gasteiger partial charge >= 0.3 is 6.09 Å². The lowest BCUT2D eigenvalue weighted by atomic mass is 9.91. The molecule has 1 aromatic carbocycles. The van der Waals surface area contributed by atoms with E-state index < -0.39 is 12.2 Å². The van der Waals surface area contributed by atoms with E-state index in [9.17, 15) is 14.7 Å². The van der Waals surface area contributed by atoms with Crippen LogP contribution in [0.25, 0.3) is 0 Å². The number of nitrogens with one attached hydrogen (secondary N) is 1. The van der Waals surface area contributed by atoms with Gasteiger partial charge in [0, 0.05) is 31.6 Å². The molecule has 0 saturated carbocycles. The first-order valence-corrected chi connectivity index (χ1v) is 8.85. The number of aromatic nitrogens is 3. The van der Waals surface area contributed by atoms with Crippen LogP contribution in [0, 0.1) is 0 Å². The van der Waals surface area contributed by atoms with Gasteiger partial charge in [-0.25, -0.2) is 9.48 Å². The van der Waals surface area contributed by atoms with Gasteiger partial charge in [-0.2, -0.15) is 0 Å². The van der Waals surface area contributed by atoms with Gasteiger partial charge in [0.1, 0.15) is 0 Å². The Hall–Kier alpha value is -2.94. The summed E-state index contributed by atoms with van der Waals surface area (Å²) in [6.07, 6.45) is 1.11. The zero-order valence-electron chi connectivity index (χ0n) is 15.1. The molecule has 2 atom stereocenters. The van der Waals surface area contributed by atoms with Crippen LogP contribution in [0.5, 0.6) is 0 Å². The van der Waals surface area contributed by atoms with E-state index in [4.69, 9.17) is 5.11 Å². The van der Waals surface area contributed by atoms with Crippen molar-refractivity contribution in [3.05, 3.63) is 41.7 Å². The van der Waals surface area contributed by atoms with Crippen LogP contribution in [0.15, 0.2) is 30.5 Å². The van der Waals surface area contributed by atoms with Crippen molar-refractivity contribution in [2.24, 2.45) is 0 Å². The van der Waals surface area contributed by atoms with Gasteiger partial charge < -0.3 is 20.4 Å². The number of carboxylic acid groups (broad SMARTS) is 1. The van der Waals surface area contributed by atoms with E-state index in [1.165, 1.54) is 11.8 Å². The normalized spacial score (nSPS) is 19.7. The summed E-state index contributed by atoms with van der Waals surface area (Å²) >= 11 is 0. The monoisotopic (exact) mass is 373 g/mol. The van der Waals surface area contributed by atoms with Gasteiger partial charge in [-0.3, -0.25) is 4.79 Å². The number of aliphatic hydroxyl groups is 1. The molecule has 27 heavy (non-hydrogen) atoms. The van der Waals surface area contributed by atoms with Crippen LogP contribution in [-0.4, -0.2) is 61.3 Å². The number of piperidine rings is 1. The second kappa shape index (κ2) is 8.17. The number of rotatable bonds is 5. The molecular formula is C18H23N5O4. The second-order valence-corrected chi connectivity index (χ2v) is 6.70. The average Bonchev–Trinajstić information content (AvgIpc) is 3.08. The van der Waals surface area contributed by atoms with Crippen molar-refractivity contribution in [2.75, 3.05) is 18.4 Å². The summed E-state index contributed by atoms with van der Waals surface area (Å²) in [5, 5.41) is 30.3. The summed E-state index contributed by atoms with van der Waals surface area (Å²) in [4.78, 5) is 23.4. The Labute approximate surface area is 156 Å². The van der Waals surface area contributed by atoms with Gasteiger partial charge in [-0.15, -0.1) is 5.10 Å². The number of hydrogen-bond donors (Lipinski definition) is 3. The lowest BCUT2D eigenvalue weighted by molar-refractivity contribution is -0.114. The molecule has 0 unspecified atom stereocenters. The Kier molecular flexibility index (Phi) is 5.70. The smallest absolute Gasteiger partial charge is 0.407 e. The lowest BCUT2D eigenvalue weighted by Gasteiger charge is -2.34. The second-order valence-electron chi connectivity index (χ2n) is 6.70. The molecule has 0 aliphatic carbocycles. The molecule has 144 valence electrons. The minimum atomic E-state index is -1.01. The predicted octanol–water partition coefficient (Wildman–Crippen LogP) is 1.31. The maximum Gasteiger partial charge on any atom is 0.407 e. The Morgan fingerprint density at radius 3 is 2.67 bits per heavy atom. The summed E-state index contributed by atoms with van der Waals surface area (Å²) in [5.74, 6) is -0.291. The minimum absolute atomic E-state index is 0.0930. The van der Waals surface area contributed by atoms with Crippen LogP contribution in [0.1, 0.15) is 30.5 Å². The molecule has 1 aliphatic rings. The third-order valence-electron chi connectivity index (χ3n) is 4.77. The van der Waals surface area contributed by atoms with Crippen molar-refractivity contribution >= 4 is 17.7 Å². The highest BCUT2D eigenvalue weighted by atomic mass is 16.4. The number of aliphatic hydroxyl groups excluding tert-OH is 1. The van der Waals surface area contributed by atoms with E-state index in [1.807, 2.05) is 24.3 Å². The fourth-order valence-electron chi connectivity index (χ4n) is 3.37. The highest BCUT2D eigenvalue weighted by Gasteiger charge is 2.33. The molecule has 1 aliphatic heterocycles. The molecule has 2 aromatic rings. The molecule has 3 rings (SSSR count). The van der Waals surface area contributed by atoms with E-state index in [2.05, 4.69) is 15.6 Å². The number of carbonyl (C=O) groups excluding carboxylic acids is 1. The molecule has 1 aromatic heterocycles. The Bertz CT molecular complexity index is 804. The van der Waals surface area contributed by atoms with Crippen molar-refractivity contribution in [3.63, 3.8) is 0 Å². The maximum absolute atomic E-state index is 11.1. The van der Waals surface area contributed by atoms with E-state index in [-0.39, 0.29) is 18.4 Å². The van der Waals surface area contributed by atoms with Crippen LogP contribution >= 0.6 is 0 Å². The van der Waals surface area contributed by atoms with Gasteiger partial charge in [0.25, 0.3) is 0 Å². The highest BCUT2D eigenvalue weighted by molar-refractivity contribution is 5.88. The first-order chi connectivity index (χ1) is 12.9. The van der Waals surface area contributed by atoms with Crippen molar-refractivity contribution < 1.29 is 19.8 Å². The SMILES string of the molecule is CC(=O)Nc1ccc(CCn2nncc2[C@@H]2CCN(C(=O)O)C[C@H]2O)cc1. The topological polar surface area (TPSA) is 121 Å². The van der Waals surface area contributed by atoms with Crippen LogP contribution in [-0.2, 0) is 17.8 Å². The summed E-state index contributed by atoms with van der Waals surface area (Å²) in [5.41, 5.74) is 2.66. The molecule has 0 radical (unpaired) electrons. The molecule has 2 amide bonds. The van der Waals surface area contributed by atoms with E-state index >= 15 is 0 Å². The minimum Gasteiger partial charge on any atom is -0.465 e. The van der Waals surface area contributed by atoms with Crippen molar-refractivity contribution in [2.45, 2.75) is 38.3 Å². The van der Waals surface area contributed by atoms with Crippen molar-refractivity contribution in [3.8, 4) is 0 Å². The van der Waals surface area contributed by atoms with Crippen molar-refractivity contribution in [1.82, 2.24) is 19.9 Å². The number of aryl methyl sites for hydroxylation is 2. The van der Waals surface area contributed by atoms with E-state index in [0.29, 0.717) is 19.5 Å². The Morgan fingerprint density at radius 1 is 1.30 bits per heavy atom. The quantitative estimate of drug-likeness (QED) is 0.727. The maximum atomic E-state index is 11.1. The van der Waals surface area contributed by atoms with Crippen LogP contribution in [0.2, 0.25) is 0 Å². The number of nitrogens with zero attached hydrogens (tertiary/aromatic N) is 4. The molecule has 9 nitrogen and oxygen atoms in total. The zero-order chi connectivity index (χ0) is 19.4. The van der Waals surface area contributed by atoms with E-state index in [1.54, 1.807) is 10.9 Å². The largest absolute Gasteiger partial charge is 0.465 e. The summed E-state index contributed by atoms with van der Waals surface area (Å²) < 4.78 is 1.77. The first kappa shape index (κ1) is 18.8. The molecule has 0 spiro atoms. The third-order valence-corrected chi connectivity index (χ3v) is 4.77. The molecule has 1 saturated heterocycles. The highest BCUT2D eigenvalue weighted by Crippen LogP contribution is 2.28. The number of benzene rings is 1. The average molecular weight is 373 g/mol. The molecule has 0 bridgehead atoms. The molecular weight excluding hydrogens is 350 g/mol.